The van der Waals surface area contributed by atoms with Crippen molar-refractivity contribution in [2.45, 2.75) is 299 Å². The first-order valence-corrected chi connectivity index (χ1v) is 42.4. The highest BCUT2D eigenvalue weighted by molar-refractivity contribution is 5.89. The summed E-state index contributed by atoms with van der Waals surface area (Å²) in [5.74, 6) is 4.65. The third-order valence-corrected chi connectivity index (χ3v) is 26.3. The van der Waals surface area contributed by atoms with Crippen molar-refractivity contribution in [3.8, 4) is 0 Å². The van der Waals surface area contributed by atoms with Crippen molar-refractivity contribution in [3.05, 3.63) is 131 Å². The zero-order chi connectivity index (χ0) is 81.0. The van der Waals surface area contributed by atoms with Crippen molar-refractivity contribution in [2.24, 2.45) is 38.5 Å². The van der Waals surface area contributed by atoms with Crippen molar-refractivity contribution in [2.75, 3.05) is 58.9 Å². The summed E-state index contributed by atoms with van der Waals surface area (Å²) < 4.78 is 34.0. The number of hydrogen-bond donors (Lipinski definition) is 5. The molecule has 0 bridgehead atoms. The molecule has 3 aromatic carbocycles. The third kappa shape index (κ3) is 19.8. The standard InChI is InChI=1S/C33H46N4O5.C23H30N4O.C19H27N3O3.C14H23NO4/c1-30(2,3)40-28(38)36-19-32(20-36)14-12-23(13-15-32)26-34-27(35-42-26)33(16-17-33)21-37(29(39)41-31(4,5)6)25-18-24(25)22-10-8-7-9-11-22;1-2-4-16(5-3-1)18-12-19(18)25-15-23(10-11-23)21-26-20(28-27-21)17-6-8-22(9-7-17)13-24-14-22;1-18(2,3)25-17(23)22(12-19(9-10-19)16(20)21-24)15-11-14(15)13-7-5-4-6-8-13;1-13(2,3)19-12(18)15-8-14(9-15)6-4-10(5-7-14)11(16)17/h7-11,23-25H,12-21H2,1-6H3;1-5,17-19,24-25H,6-15H2;4-8,14-15,24H,9-12H2,1-3H3,(H2,20,21);10H,4-9H2,1-3H3,(H,16,17)/t24-,25+;18-,19+;14-,15+;/m000./s1. The van der Waals surface area contributed by atoms with E-state index in [4.69, 9.17) is 54.0 Å². The molecule has 0 unspecified atom stereocenters. The van der Waals surface area contributed by atoms with Crippen LogP contribution in [0.25, 0.3) is 0 Å². The molecule has 17 rings (SSSR count). The van der Waals surface area contributed by atoms with E-state index < -0.39 is 33.8 Å². The van der Waals surface area contributed by atoms with Gasteiger partial charge < -0.3 is 74.3 Å². The number of carbonyl (C=O) groups excluding carboxylic acids is 4. The number of oxime groups is 1. The predicted octanol–water partition coefficient (Wildman–Crippen LogP) is 16.1. The van der Waals surface area contributed by atoms with Crippen molar-refractivity contribution >= 4 is 36.2 Å². The van der Waals surface area contributed by atoms with Crippen molar-refractivity contribution in [1.82, 2.24) is 50.5 Å². The lowest BCUT2D eigenvalue weighted by molar-refractivity contribution is -0.145. The minimum atomic E-state index is -0.682. The maximum atomic E-state index is 13.4. The minimum absolute atomic E-state index is 0.0983. The van der Waals surface area contributed by atoms with Gasteiger partial charge in [0, 0.05) is 128 Å². The Bertz CT molecular complexity index is 4180. The van der Waals surface area contributed by atoms with Gasteiger partial charge in [-0.05, 0) is 240 Å². The van der Waals surface area contributed by atoms with Gasteiger partial charge in [-0.15, -0.1) is 0 Å². The fraction of sp³-hybridized carbons (Fsp3) is 0.685. The van der Waals surface area contributed by atoms with Crippen LogP contribution < -0.4 is 16.4 Å². The van der Waals surface area contributed by atoms with Gasteiger partial charge in [-0.25, -0.2) is 19.2 Å². The lowest BCUT2D eigenvalue weighted by Gasteiger charge is -2.52. The summed E-state index contributed by atoms with van der Waals surface area (Å²) in [7, 11) is 0. The van der Waals surface area contributed by atoms with Crippen molar-refractivity contribution in [1.29, 1.82) is 0 Å². The van der Waals surface area contributed by atoms with Crippen LogP contribution in [-0.2, 0) is 34.6 Å². The number of carboxylic acid groups (broad SMARTS) is 1. The van der Waals surface area contributed by atoms with Crippen LogP contribution in [0.15, 0.2) is 105 Å². The molecular formula is C89H126N12O13. The normalized spacial score (nSPS) is 26.1. The van der Waals surface area contributed by atoms with Crippen LogP contribution in [-0.4, -0.2) is 186 Å². The zero-order valence-corrected chi connectivity index (χ0v) is 69.6. The number of amidine groups is 1. The number of amides is 4. The van der Waals surface area contributed by atoms with Crippen LogP contribution in [0, 0.1) is 27.6 Å². The molecule has 5 aromatic rings. The summed E-state index contributed by atoms with van der Waals surface area (Å²) >= 11 is 0. The van der Waals surface area contributed by atoms with E-state index in [0.717, 1.165) is 127 Å². The number of hydrogen-bond acceptors (Lipinski definition) is 19. The largest absolute Gasteiger partial charge is 0.481 e. The second-order valence-corrected chi connectivity index (χ2v) is 40.3. The van der Waals surface area contributed by atoms with Gasteiger partial charge >= 0.3 is 30.3 Å². The summed E-state index contributed by atoms with van der Waals surface area (Å²) in [4.78, 5) is 78.5. The number of benzene rings is 3. The van der Waals surface area contributed by atoms with E-state index in [9.17, 15) is 24.0 Å². The molecule has 6 N–H and O–H groups in total. The number of likely N-dealkylation sites (tertiary alicyclic amines) is 2. The van der Waals surface area contributed by atoms with Crippen LogP contribution in [0.4, 0.5) is 19.2 Å². The molecule has 9 saturated carbocycles. The molecule has 0 radical (unpaired) electrons. The SMILES string of the molecule is CC(C)(C)OC(=O)N(CC1(C(N)=NO)CC1)[C@@H]1C[C@H]1c1ccccc1.CC(C)(C)OC(=O)N1CC2(CCC(C(=O)O)CC2)C1.CC(C)(C)OC(=O)N1CC2(CCC(c3nc(C4(CN(C(=O)OC(C)(C)C)[C@@H]5C[C@H]5c5ccccc5)CC4)no3)CC2)C1.c1ccc([C@@H]2C[C@H]2NCC2(c3noc(C4CCC5(CC4)CNC5)n3)CC2)cc1. The summed E-state index contributed by atoms with van der Waals surface area (Å²) in [6.07, 6.45) is 20.2. The lowest BCUT2D eigenvalue weighted by atomic mass is 9.66. The molecule has 12 aliphatic rings. The zero-order valence-electron chi connectivity index (χ0n) is 69.6. The second kappa shape index (κ2) is 31.9. The van der Waals surface area contributed by atoms with E-state index in [1.54, 1.807) is 9.80 Å². The molecule has 3 spiro atoms. The molecule has 9 aliphatic carbocycles. The molecule has 114 heavy (non-hydrogen) atoms. The molecule has 5 heterocycles. The van der Waals surface area contributed by atoms with Crippen LogP contribution in [0.3, 0.4) is 0 Å². The number of rotatable bonds is 18. The Morgan fingerprint density at radius 3 is 1.27 bits per heavy atom. The number of aliphatic carboxylic acids is 1. The molecule has 12 fully saturated rings. The van der Waals surface area contributed by atoms with Crippen LogP contribution in [0.2, 0.25) is 0 Å². The van der Waals surface area contributed by atoms with E-state index in [0.29, 0.717) is 67.2 Å². The first-order valence-electron chi connectivity index (χ1n) is 42.4. The summed E-state index contributed by atoms with van der Waals surface area (Å²) in [6, 6.07) is 32.3. The molecule has 4 amide bonds. The molecule has 6 atom stereocenters. The Hall–Kier alpha value is -8.32. The Morgan fingerprint density at radius 1 is 0.518 bits per heavy atom. The summed E-state index contributed by atoms with van der Waals surface area (Å²) in [6.45, 7) is 29.9. The predicted molar refractivity (Wildman–Crippen MR) is 430 cm³/mol. The van der Waals surface area contributed by atoms with Crippen LogP contribution in [0.1, 0.15) is 288 Å². The average Bonchev–Trinajstić information content (AvgIpc) is 1.65. The lowest BCUT2D eigenvalue weighted by Crippen LogP contribution is -2.60. The number of carbonyl (C=O) groups is 5. The van der Waals surface area contributed by atoms with Crippen LogP contribution >= 0.6 is 0 Å². The third-order valence-electron chi connectivity index (χ3n) is 26.3. The Balaban J connectivity index is 0.000000131. The highest BCUT2D eigenvalue weighted by atomic mass is 16.6. The van der Waals surface area contributed by atoms with Gasteiger partial charge in [-0.1, -0.05) is 106 Å². The molecule has 3 saturated heterocycles. The van der Waals surface area contributed by atoms with Gasteiger partial charge in [0.05, 0.1) is 11.3 Å². The minimum Gasteiger partial charge on any atom is -0.481 e. The fourth-order valence-corrected chi connectivity index (χ4v) is 18.5. The highest BCUT2D eigenvalue weighted by Gasteiger charge is 2.59. The summed E-state index contributed by atoms with van der Waals surface area (Å²) in [5, 5.41) is 37.4. The van der Waals surface area contributed by atoms with Crippen molar-refractivity contribution < 1.29 is 62.3 Å². The van der Waals surface area contributed by atoms with Crippen molar-refractivity contribution in [3.63, 3.8) is 0 Å². The molecule has 25 nitrogen and oxygen atoms in total. The smallest absolute Gasteiger partial charge is 0.410 e. The number of carboxylic acids is 1. The fourth-order valence-electron chi connectivity index (χ4n) is 18.5. The van der Waals surface area contributed by atoms with E-state index in [1.165, 1.54) is 74.7 Å². The first-order chi connectivity index (χ1) is 54.0. The highest BCUT2D eigenvalue weighted by Crippen LogP contribution is 2.56. The van der Waals surface area contributed by atoms with Gasteiger partial charge in [0.1, 0.15) is 28.2 Å². The number of aromatic nitrogens is 4. The Morgan fingerprint density at radius 2 is 0.904 bits per heavy atom. The topological polar surface area (TPSA) is 316 Å². The number of nitrogens with one attached hydrogen (secondary N) is 2. The average molecular weight is 1570 g/mol. The van der Waals surface area contributed by atoms with Gasteiger partial charge in [-0.2, -0.15) is 9.97 Å². The molecule has 25 heteroatoms. The van der Waals surface area contributed by atoms with Crippen LogP contribution in [0.5, 0.6) is 0 Å². The first kappa shape index (κ1) is 82.2. The molecule has 2 aromatic heterocycles. The van der Waals surface area contributed by atoms with E-state index in [2.05, 4.69) is 92.8 Å². The Kier molecular flexibility index (Phi) is 23.0. The quantitative estimate of drug-likeness (QED) is 0.0179. The van der Waals surface area contributed by atoms with Gasteiger partial charge in [0.2, 0.25) is 11.8 Å². The van der Waals surface area contributed by atoms with Gasteiger partial charge in [0.25, 0.3) is 0 Å². The molecular weight excluding hydrogens is 1450 g/mol. The monoisotopic (exact) mass is 1570 g/mol. The second-order valence-electron chi connectivity index (χ2n) is 40.3. The number of ether oxygens (including phenoxy) is 4. The Labute approximate surface area is 673 Å². The molecule has 3 aliphatic heterocycles. The van der Waals surface area contributed by atoms with Gasteiger partial charge in [0.15, 0.2) is 11.6 Å². The van der Waals surface area contributed by atoms with E-state index >= 15 is 0 Å². The summed E-state index contributed by atoms with van der Waals surface area (Å²) in [5.41, 5.74) is 8.14. The maximum Gasteiger partial charge on any atom is 0.410 e. The van der Waals surface area contributed by atoms with Gasteiger partial charge in [-0.3, -0.25) is 4.79 Å². The van der Waals surface area contributed by atoms with E-state index in [-0.39, 0.29) is 75.8 Å². The maximum absolute atomic E-state index is 13.4. The van der Waals surface area contributed by atoms with E-state index in [1.807, 2.05) is 117 Å². The number of nitrogens with two attached hydrogens (primary N) is 1. The number of nitrogens with zero attached hydrogens (tertiary/aromatic N) is 9. The molecule has 620 valence electrons.